The summed E-state index contributed by atoms with van der Waals surface area (Å²) in [7, 11) is 1.74. The Morgan fingerprint density at radius 1 is 1.52 bits per heavy atom. The summed E-state index contributed by atoms with van der Waals surface area (Å²) in [6.45, 7) is 4.29. The maximum Gasteiger partial charge on any atom is 0.258 e. The van der Waals surface area contributed by atoms with Gasteiger partial charge in [0.05, 0.1) is 0 Å². The summed E-state index contributed by atoms with van der Waals surface area (Å²) in [6, 6.07) is -0.197. The van der Waals surface area contributed by atoms with Gasteiger partial charge in [-0.1, -0.05) is 0 Å². The predicted molar refractivity (Wildman–Crippen MR) is 83.4 cm³/mol. The quantitative estimate of drug-likeness (QED) is 0.724. The van der Waals surface area contributed by atoms with Crippen LogP contribution in [0, 0.1) is 0 Å². The Morgan fingerprint density at radius 3 is 2.76 bits per heavy atom. The second-order valence-electron chi connectivity index (χ2n) is 5.24. The lowest BCUT2D eigenvalue weighted by atomic mass is 10.2. The van der Waals surface area contributed by atoms with Crippen LogP contribution in [0.15, 0.2) is 0 Å². The summed E-state index contributed by atoms with van der Waals surface area (Å²) < 4.78 is 4.01. The largest absolute Gasteiger partial charge is 0.382 e. The number of hydrogen-bond acceptors (Lipinski definition) is 6. The van der Waals surface area contributed by atoms with Gasteiger partial charge in [-0.25, -0.2) is 0 Å². The number of nitrogens with one attached hydrogen (secondary N) is 2. The Hall–Kier alpha value is -1.83. The van der Waals surface area contributed by atoms with Crippen molar-refractivity contribution in [3.8, 4) is 0 Å². The Bertz CT molecular complexity index is 541. The molecular formula is C13H21N5O2S. The van der Waals surface area contributed by atoms with Crippen LogP contribution in [0.25, 0.3) is 0 Å². The number of nitrogens with two attached hydrogens (primary N) is 1. The van der Waals surface area contributed by atoms with Crippen LogP contribution < -0.4 is 16.4 Å². The minimum absolute atomic E-state index is 0.0435. The molecule has 0 bridgehead atoms. The molecule has 1 atom stereocenters. The van der Waals surface area contributed by atoms with E-state index >= 15 is 0 Å². The number of aromatic nitrogens is 1. The first kappa shape index (κ1) is 15.6. The zero-order valence-corrected chi connectivity index (χ0v) is 13.3. The molecule has 7 nitrogen and oxygen atoms in total. The van der Waals surface area contributed by atoms with Crippen LogP contribution >= 0.6 is 11.5 Å². The van der Waals surface area contributed by atoms with Gasteiger partial charge in [0.1, 0.15) is 16.6 Å². The van der Waals surface area contributed by atoms with E-state index < -0.39 is 6.04 Å². The summed E-state index contributed by atoms with van der Waals surface area (Å²) in [5.74, 6) is -0.0723. The van der Waals surface area contributed by atoms with E-state index in [1.54, 1.807) is 18.9 Å². The van der Waals surface area contributed by atoms with Crippen molar-refractivity contribution < 1.29 is 9.59 Å². The van der Waals surface area contributed by atoms with Gasteiger partial charge in [0.15, 0.2) is 5.82 Å². The molecule has 1 aromatic rings. The standard InChI is InChI=1S/C13H21N5O2S/c1-4-18(3)13(20)7(2)15-12-9(10(14)17-21-12)11(19)16-8-5-6-8/h7-8,15H,4-6H2,1-3H3,(H2,14,17)(H,16,19). The zero-order chi connectivity index (χ0) is 15.6. The molecular weight excluding hydrogens is 290 g/mol. The second kappa shape index (κ2) is 6.30. The van der Waals surface area contributed by atoms with Crippen LogP contribution in [-0.2, 0) is 4.79 Å². The van der Waals surface area contributed by atoms with Crippen LogP contribution in [0.2, 0.25) is 0 Å². The molecule has 0 saturated heterocycles. The van der Waals surface area contributed by atoms with Crippen molar-refractivity contribution in [2.45, 2.75) is 38.8 Å². The van der Waals surface area contributed by atoms with Gasteiger partial charge in [0.2, 0.25) is 5.91 Å². The van der Waals surface area contributed by atoms with Crippen LogP contribution in [0.5, 0.6) is 0 Å². The average Bonchev–Trinajstić information content (AvgIpc) is 3.19. The lowest BCUT2D eigenvalue weighted by Gasteiger charge is -2.21. The molecule has 0 radical (unpaired) electrons. The molecule has 1 aliphatic rings. The van der Waals surface area contributed by atoms with Crippen molar-refractivity contribution in [3.63, 3.8) is 0 Å². The summed E-state index contributed by atoms with van der Waals surface area (Å²) in [5, 5.41) is 6.47. The van der Waals surface area contributed by atoms with Gasteiger partial charge in [0, 0.05) is 19.6 Å². The maximum absolute atomic E-state index is 12.2. The molecule has 4 N–H and O–H groups in total. The number of rotatable bonds is 6. The monoisotopic (exact) mass is 311 g/mol. The van der Waals surface area contributed by atoms with Gasteiger partial charge in [-0.3, -0.25) is 9.59 Å². The fourth-order valence-electron chi connectivity index (χ4n) is 1.85. The number of nitrogen functional groups attached to an aromatic ring is 1. The van der Waals surface area contributed by atoms with E-state index in [2.05, 4.69) is 15.0 Å². The third-order valence-electron chi connectivity index (χ3n) is 3.43. The molecule has 1 aliphatic carbocycles. The number of likely N-dealkylation sites (N-methyl/N-ethyl adjacent to an activating group) is 1. The molecule has 1 unspecified atom stereocenters. The average molecular weight is 311 g/mol. The SMILES string of the molecule is CCN(C)C(=O)C(C)Nc1snc(N)c1C(=O)NC1CC1. The highest BCUT2D eigenvalue weighted by molar-refractivity contribution is 7.11. The van der Waals surface area contributed by atoms with Crippen LogP contribution in [0.1, 0.15) is 37.0 Å². The van der Waals surface area contributed by atoms with Crippen LogP contribution in [0.3, 0.4) is 0 Å². The van der Waals surface area contributed by atoms with Crippen LogP contribution in [-0.4, -0.2) is 46.8 Å². The molecule has 1 aromatic heterocycles. The minimum atomic E-state index is -0.442. The predicted octanol–water partition coefficient (Wildman–Crippen LogP) is 0.896. The molecule has 2 rings (SSSR count). The van der Waals surface area contributed by atoms with E-state index in [1.165, 1.54) is 0 Å². The molecule has 1 fully saturated rings. The third-order valence-corrected chi connectivity index (χ3v) is 4.22. The molecule has 8 heteroatoms. The minimum Gasteiger partial charge on any atom is -0.382 e. The number of nitrogens with zero attached hydrogens (tertiary/aromatic N) is 2. The molecule has 1 saturated carbocycles. The van der Waals surface area contributed by atoms with Gasteiger partial charge in [-0.05, 0) is 38.2 Å². The van der Waals surface area contributed by atoms with Gasteiger partial charge in [0.25, 0.3) is 5.91 Å². The van der Waals surface area contributed by atoms with Crippen molar-refractivity contribution in [2.75, 3.05) is 24.6 Å². The number of hydrogen-bond donors (Lipinski definition) is 3. The number of amides is 2. The Balaban J connectivity index is 2.09. The summed E-state index contributed by atoms with van der Waals surface area (Å²) in [4.78, 5) is 25.9. The first-order chi connectivity index (χ1) is 9.93. The van der Waals surface area contributed by atoms with Crippen molar-refractivity contribution in [2.24, 2.45) is 0 Å². The lowest BCUT2D eigenvalue weighted by Crippen LogP contribution is -2.39. The van der Waals surface area contributed by atoms with E-state index in [1.807, 2.05) is 6.92 Å². The molecule has 1 heterocycles. The molecule has 0 aliphatic heterocycles. The van der Waals surface area contributed by atoms with Crippen molar-refractivity contribution >= 4 is 34.2 Å². The molecule has 116 valence electrons. The fourth-order valence-corrected chi connectivity index (χ4v) is 2.65. The summed E-state index contributed by atoms with van der Waals surface area (Å²) in [5.41, 5.74) is 6.12. The first-order valence-corrected chi connectivity index (χ1v) is 7.78. The smallest absolute Gasteiger partial charge is 0.258 e. The zero-order valence-electron chi connectivity index (χ0n) is 12.5. The fraction of sp³-hybridized carbons (Fsp3) is 0.615. The molecule has 0 aromatic carbocycles. The topological polar surface area (TPSA) is 100 Å². The lowest BCUT2D eigenvalue weighted by molar-refractivity contribution is -0.130. The second-order valence-corrected chi connectivity index (χ2v) is 6.01. The number of carbonyl (C=O) groups excluding carboxylic acids is 2. The first-order valence-electron chi connectivity index (χ1n) is 7.01. The molecule has 2 amide bonds. The van der Waals surface area contributed by atoms with E-state index in [-0.39, 0.29) is 23.7 Å². The van der Waals surface area contributed by atoms with E-state index in [0.29, 0.717) is 17.1 Å². The van der Waals surface area contributed by atoms with Crippen molar-refractivity contribution in [1.29, 1.82) is 0 Å². The normalized spacial score (nSPS) is 15.4. The molecule has 0 spiro atoms. The van der Waals surface area contributed by atoms with Crippen molar-refractivity contribution in [3.05, 3.63) is 5.56 Å². The highest BCUT2D eigenvalue weighted by atomic mass is 32.1. The highest BCUT2D eigenvalue weighted by Crippen LogP contribution is 2.29. The van der Waals surface area contributed by atoms with Gasteiger partial charge < -0.3 is 21.3 Å². The Labute approximate surface area is 128 Å². The van der Waals surface area contributed by atoms with Gasteiger partial charge >= 0.3 is 0 Å². The maximum atomic E-state index is 12.2. The highest BCUT2D eigenvalue weighted by Gasteiger charge is 2.28. The van der Waals surface area contributed by atoms with Crippen molar-refractivity contribution in [1.82, 2.24) is 14.6 Å². The Morgan fingerprint density at radius 2 is 2.19 bits per heavy atom. The van der Waals surface area contributed by atoms with E-state index in [4.69, 9.17) is 5.73 Å². The Kier molecular flexibility index (Phi) is 4.66. The third kappa shape index (κ3) is 3.63. The summed E-state index contributed by atoms with van der Waals surface area (Å²) in [6.07, 6.45) is 2.00. The number of anilines is 2. The summed E-state index contributed by atoms with van der Waals surface area (Å²) >= 11 is 1.10. The van der Waals surface area contributed by atoms with Crippen LogP contribution in [0.4, 0.5) is 10.8 Å². The van der Waals surface area contributed by atoms with E-state index in [9.17, 15) is 9.59 Å². The molecule has 21 heavy (non-hydrogen) atoms. The van der Waals surface area contributed by atoms with Gasteiger partial charge in [-0.2, -0.15) is 4.37 Å². The number of carbonyl (C=O) groups is 2. The van der Waals surface area contributed by atoms with E-state index in [0.717, 1.165) is 24.4 Å². The van der Waals surface area contributed by atoms with Gasteiger partial charge in [-0.15, -0.1) is 0 Å².